The standard InChI is InChI=1S/C16H22N4O/c1-11(2)20(10-13-7-5-6-8-14(13)17)16-18-12(3)9-15(19-16)21-4/h5-9,11H,10,17H2,1-4H3. The summed E-state index contributed by atoms with van der Waals surface area (Å²) in [6.45, 7) is 6.81. The summed E-state index contributed by atoms with van der Waals surface area (Å²) in [5, 5.41) is 0. The van der Waals surface area contributed by atoms with Gasteiger partial charge in [-0.3, -0.25) is 0 Å². The summed E-state index contributed by atoms with van der Waals surface area (Å²) in [5.41, 5.74) is 8.76. The van der Waals surface area contributed by atoms with Crippen molar-refractivity contribution in [1.82, 2.24) is 9.97 Å². The van der Waals surface area contributed by atoms with Crippen LogP contribution in [0.2, 0.25) is 0 Å². The lowest BCUT2D eigenvalue weighted by Gasteiger charge is -2.27. The maximum Gasteiger partial charge on any atom is 0.229 e. The van der Waals surface area contributed by atoms with Crippen molar-refractivity contribution in [2.75, 3.05) is 17.7 Å². The first-order valence-electron chi connectivity index (χ1n) is 7.01. The van der Waals surface area contributed by atoms with Crippen LogP contribution >= 0.6 is 0 Å². The smallest absolute Gasteiger partial charge is 0.229 e. The Balaban J connectivity index is 2.36. The molecule has 0 bridgehead atoms. The van der Waals surface area contributed by atoms with Crippen LogP contribution in [-0.4, -0.2) is 23.1 Å². The number of anilines is 2. The van der Waals surface area contributed by atoms with Crippen molar-refractivity contribution in [3.8, 4) is 5.88 Å². The molecule has 0 saturated carbocycles. The van der Waals surface area contributed by atoms with Gasteiger partial charge in [0, 0.05) is 30.0 Å². The van der Waals surface area contributed by atoms with Crippen LogP contribution in [0.15, 0.2) is 30.3 Å². The molecule has 0 aliphatic carbocycles. The van der Waals surface area contributed by atoms with Gasteiger partial charge >= 0.3 is 0 Å². The third-order valence-electron chi connectivity index (χ3n) is 3.30. The first kappa shape index (κ1) is 15.1. The van der Waals surface area contributed by atoms with Crippen LogP contribution in [-0.2, 0) is 6.54 Å². The summed E-state index contributed by atoms with van der Waals surface area (Å²) in [4.78, 5) is 11.1. The van der Waals surface area contributed by atoms with Gasteiger partial charge in [-0.05, 0) is 32.4 Å². The number of aryl methyl sites for hydroxylation is 1. The minimum atomic E-state index is 0.246. The van der Waals surface area contributed by atoms with Gasteiger partial charge in [-0.25, -0.2) is 4.98 Å². The monoisotopic (exact) mass is 286 g/mol. The highest BCUT2D eigenvalue weighted by molar-refractivity contribution is 5.49. The highest BCUT2D eigenvalue weighted by atomic mass is 16.5. The molecule has 112 valence electrons. The molecule has 0 saturated heterocycles. The maximum absolute atomic E-state index is 6.04. The van der Waals surface area contributed by atoms with Crippen molar-refractivity contribution in [3.63, 3.8) is 0 Å². The number of methoxy groups -OCH3 is 1. The summed E-state index contributed by atoms with van der Waals surface area (Å²) in [6.07, 6.45) is 0. The van der Waals surface area contributed by atoms with E-state index in [-0.39, 0.29) is 6.04 Å². The molecule has 0 amide bonds. The molecule has 0 radical (unpaired) electrons. The number of nitrogens with two attached hydrogens (primary N) is 1. The minimum absolute atomic E-state index is 0.246. The molecular formula is C16H22N4O. The molecule has 0 aliphatic heterocycles. The third kappa shape index (κ3) is 3.62. The fourth-order valence-corrected chi connectivity index (χ4v) is 2.10. The Labute approximate surface area is 125 Å². The lowest BCUT2D eigenvalue weighted by Crippen LogP contribution is -2.32. The maximum atomic E-state index is 6.04. The molecular weight excluding hydrogens is 264 g/mol. The first-order valence-corrected chi connectivity index (χ1v) is 7.01. The second-order valence-corrected chi connectivity index (χ2v) is 5.27. The lowest BCUT2D eigenvalue weighted by atomic mass is 10.1. The van der Waals surface area contributed by atoms with E-state index in [9.17, 15) is 0 Å². The van der Waals surface area contributed by atoms with Crippen LogP contribution in [0.3, 0.4) is 0 Å². The second-order valence-electron chi connectivity index (χ2n) is 5.27. The van der Waals surface area contributed by atoms with Gasteiger partial charge in [0.2, 0.25) is 11.8 Å². The normalized spacial score (nSPS) is 10.7. The van der Waals surface area contributed by atoms with E-state index >= 15 is 0 Å². The van der Waals surface area contributed by atoms with E-state index in [1.165, 1.54) is 0 Å². The van der Waals surface area contributed by atoms with Crippen molar-refractivity contribution in [2.45, 2.75) is 33.4 Å². The molecule has 0 aliphatic rings. The summed E-state index contributed by atoms with van der Waals surface area (Å²) in [7, 11) is 1.61. The average molecular weight is 286 g/mol. The van der Waals surface area contributed by atoms with Gasteiger partial charge < -0.3 is 15.4 Å². The Morgan fingerprint density at radius 2 is 1.95 bits per heavy atom. The molecule has 0 spiro atoms. The van der Waals surface area contributed by atoms with Crippen molar-refractivity contribution < 1.29 is 4.74 Å². The van der Waals surface area contributed by atoms with Gasteiger partial charge in [0.1, 0.15) is 0 Å². The van der Waals surface area contributed by atoms with Crippen LogP contribution < -0.4 is 15.4 Å². The fraction of sp³-hybridized carbons (Fsp3) is 0.375. The van der Waals surface area contributed by atoms with E-state index in [1.807, 2.05) is 37.3 Å². The van der Waals surface area contributed by atoms with Gasteiger partial charge in [0.25, 0.3) is 0 Å². The quantitative estimate of drug-likeness (QED) is 0.856. The molecule has 5 heteroatoms. The molecule has 1 aromatic heterocycles. The predicted octanol–water partition coefficient (Wildman–Crippen LogP) is 2.79. The highest BCUT2D eigenvalue weighted by Gasteiger charge is 2.16. The van der Waals surface area contributed by atoms with Crippen LogP contribution in [0, 0.1) is 6.92 Å². The SMILES string of the molecule is COc1cc(C)nc(N(Cc2ccccc2N)C(C)C)n1. The first-order chi connectivity index (χ1) is 10.0. The number of nitrogens with zero attached hydrogens (tertiary/aromatic N) is 3. The Morgan fingerprint density at radius 1 is 1.24 bits per heavy atom. The number of benzene rings is 1. The number of hydrogen-bond acceptors (Lipinski definition) is 5. The van der Waals surface area contributed by atoms with Crippen LogP contribution in [0.5, 0.6) is 5.88 Å². The zero-order valence-corrected chi connectivity index (χ0v) is 13.0. The van der Waals surface area contributed by atoms with Crippen LogP contribution in [0.4, 0.5) is 11.6 Å². The third-order valence-corrected chi connectivity index (χ3v) is 3.30. The number of ether oxygens (including phenoxy) is 1. The van der Waals surface area contributed by atoms with Gasteiger partial charge in [0.15, 0.2) is 0 Å². The Kier molecular flexibility index (Phi) is 4.62. The van der Waals surface area contributed by atoms with E-state index in [1.54, 1.807) is 7.11 Å². The van der Waals surface area contributed by atoms with Gasteiger partial charge in [-0.15, -0.1) is 0 Å². The summed E-state index contributed by atoms with van der Waals surface area (Å²) in [5.74, 6) is 1.23. The van der Waals surface area contributed by atoms with E-state index in [4.69, 9.17) is 10.5 Å². The molecule has 1 aromatic carbocycles. The number of nitrogen functional groups attached to an aromatic ring is 1. The molecule has 5 nitrogen and oxygen atoms in total. The van der Waals surface area contributed by atoms with Crippen molar-refractivity contribution >= 4 is 11.6 Å². The van der Waals surface area contributed by atoms with Crippen molar-refractivity contribution in [3.05, 3.63) is 41.6 Å². The highest BCUT2D eigenvalue weighted by Crippen LogP contribution is 2.21. The number of para-hydroxylation sites is 1. The molecule has 2 rings (SSSR count). The van der Waals surface area contributed by atoms with Crippen molar-refractivity contribution in [2.24, 2.45) is 0 Å². The van der Waals surface area contributed by atoms with Crippen molar-refractivity contribution in [1.29, 1.82) is 0 Å². The van der Waals surface area contributed by atoms with Gasteiger partial charge in [-0.1, -0.05) is 18.2 Å². The van der Waals surface area contributed by atoms with Gasteiger partial charge in [-0.2, -0.15) is 4.98 Å². The molecule has 0 fully saturated rings. The summed E-state index contributed by atoms with van der Waals surface area (Å²) < 4.78 is 5.24. The van der Waals surface area contributed by atoms with Gasteiger partial charge in [0.05, 0.1) is 7.11 Å². The van der Waals surface area contributed by atoms with E-state index in [0.29, 0.717) is 18.4 Å². The number of rotatable bonds is 5. The van der Waals surface area contributed by atoms with Crippen LogP contribution in [0.1, 0.15) is 25.1 Å². The second kappa shape index (κ2) is 6.43. The Hall–Kier alpha value is -2.30. The van der Waals surface area contributed by atoms with Crippen LogP contribution in [0.25, 0.3) is 0 Å². The predicted molar refractivity (Wildman–Crippen MR) is 85.5 cm³/mol. The molecule has 0 unspecified atom stereocenters. The summed E-state index contributed by atoms with van der Waals surface area (Å²) in [6, 6.07) is 9.92. The average Bonchev–Trinajstić information content (AvgIpc) is 2.45. The molecule has 21 heavy (non-hydrogen) atoms. The molecule has 0 atom stereocenters. The minimum Gasteiger partial charge on any atom is -0.481 e. The molecule has 2 N–H and O–H groups in total. The largest absolute Gasteiger partial charge is 0.481 e. The number of hydrogen-bond donors (Lipinski definition) is 1. The molecule has 2 aromatic rings. The Bertz CT molecular complexity index is 613. The lowest BCUT2D eigenvalue weighted by molar-refractivity contribution is 0.395. The topological polar surface area (TPSA) is 64.3 Å². The molecule has 1 heterocycles. The van der Waals surface area contributed by atoms with E-state index < -0.39 is 0 Å². The van der Waals surface area contributed by atoms with E-state index in [2.05, 4.69) is 28.7 Å². The number of aromatic nitrogens is 2. The zero-order chi connectivity index (χ0) is 15.4. The zero-order valence-electron chi connectivity index (χ0n) is 13.0. The fourth-order valence-electron chi connectivity index (χ4n) is 2.10. The van der Waals surface area contributed by atoms with E-state index in [0.717, 1.165) is 16.9 Å². The summed E-state index contributed by atoms with van der Waals surface area (Å²) >= 11 is 0. The Morgan fingerprint density at radius 3 is 2.57 bits per heavy atom.